The van der Waals surface area contributed by atoms with E-state index in [0.717, 1.165) is 72.5 Å². The van der Waals surface area contributed by atoms with Gasteiger partial charge in [0.2, 0.25) is 0 Å². The van der Waals surface area contributed by atoms with Gasteiger partial charge in [-0.05, 0) is 58.7 Å². The van der Waals surface area contributed by atoms with E-state index in [0.29, 0.717) is 0 Å². The largest absolute Gasteiger partial charge is 0.374 e. The predicted octanol–water partition coefficient (Wildman–Crippen LogP) is 7.17. The van der Waals surface area contributed by atoms with Crippen molar-refractivity contribution in [2.75, 3.05) is 0 Å². The highest BCUT2D eigenvalue weighted by Gasteiger charge is 2.28. The molecular formula is C44H32N4. The molecule has 9 rings (SSSR count). The van der Waals surface area contributed by atoms with Crippen LogP contribution < -0.4 is 16.0 Å². The topological polar surface area (TPSA) is 52.5 Å². The van der Waals surface area contributed by atoms with Crippen molar-refractivity contribution in [3.8, 4) is 0 Å². The van der Waals surface area contributed by atoms with E-state index in [1.54, 1.807) is 0 Å². The number of hydrogen-bond donors (Lipinski definition) is 2. The summed E-state index contributed by atoms with van der Waals surface area (Å²) in [6, 6.07) is 46.5. The fraction of sp³-hybridized carbons (Fsp3) is 0.0455. The van der Waals surface area contributed by atoms with E-state index < -0.39 is 0 Å². The van der Waals surface area contributed by atoms with Crippen molar-refractivity contribution in [1.29, 1.82) is 0 Å². The summed E-state index contributed by atoms with van der Waals surface area (Å²) in [4.78, 5) is 14.6. The molecular weight excluding hydrogens is 585 g/mol. The molecule has 0 fully saturated rings. The van der Waals surface area contributed by atoms with Gasteiger partial charge in [-0.3, -0.25) is 4.99 Å². The molecule has 0 aliphatic carbocycles. The van der Waals surface area contributed by atoms with Gasteiger partial charge in [0.1, 0.15) is 0 Å². The number of hydrogen-bond acceptors (Lipinski definition) is 3. The number of aliphatic imine (C=N–C) groups is 2. The van der Waals surface area contributed by atoms with Gasteiger partial charge in [0.05, 0.1) is 29.2 Å². The van der Waals surface area contributed by atoms with Crippen LogP contribution in [0.2, 0.25) is 0 Å². The molecule has 228 valence electrons. The van der Waals surface area contributed by atoms with E-state index in [1.807, 2.05) is 0 Å². The van der Waals surface area contributed by atoms with E-state index in [2.05, 4.69) is 180 Å². The predicted molar refractivity (Wildman–Crippen MR) is 198 cm³/mol. The summed E-state index contributed by atoms with van der Waals surface area (Å²) < 4.78 is 0. The summed E-state index contributed by atoms with van der Waals surface area (Å²) in [5.41, 5.74) is 12.8. The SMILES string of the molecule is C1=CC2N=C1C(c1ccccc1)=C1C=CC(N1)/C(c1ccccc1)=c1/cc/c([nH]1)=C(\c1ccccc1)C1=N/C(=C\2c2ccccc2)C=C1. The molecule has 0 spiro atoms. The van der Waals surface area contributed by atoms with Crippen molar-refractivity contribution >= 4 is 33.7 Å². The van der Waals surface area contributed by atoms with Gasteiger partial charge in [-0.25, -0.2) is 4.99 Å². The van der Waals surface area contributed by atoms with Crippen LogP contribution >= 0.6 is 0 Å². The van der Waals surface area contributed by atoms with Gasteiger partial charge in [-0.2, -0.15) is 0 Å². The molecule has 0 saturated carbocycles. The molecule has 0 radical (unpaired) electrons. The maximum atomic E-state index is 5.43. The first-order valence-corrected chi connectivity index (χ1v) is 16.4. The van der Waals surface area contributed by atoms with Crippen LogP contribution in [0, 0.1) is 0 Å². The summed E-state index contributed by atoms with van der Waals surface area (Å²) in [6.07, 6.45) is 13.2. The van der Waals surface area contributed by atoms with Gasteiger partial charge in [0.15, 0.2) is 0 Å². The summed E-state index contributed by atoms with van der Waals surface area (Å²) >= 11 is 0. The lowest BCUT2D eigenvalue weighted by Crippen LogP contribution is -2.30. The average molecular weight is 617 g/mol. The Morgan fingerprint density at radius 3 is 1.71 bits per heavy atom. The van der Waals surface area contributed by atoms with Crippen molar-refractivity contribution in [2.24, 2.45) is 9.98 Å². The molecule has 2 unspecified atom stereocenters. The molecule has 8 bridgehead atoms. The second kappa shape index (κ2) is 11.8. The lowest BCUT2D eigenvalue weighted by Gasteiger charge is -2.19. The van der Waals surface area contributed by atoms with Crippen LogP contribution in [0.1, 0.15) is 22.3 Å². The quantitative estimate of drug-likeness (QED) is 0.221. The van der Waals surface area contributed by atoms with Crippen LogP contribution in [0.4, 0.5) is 0 Å². The molecule has 4 heteroatoms. The van der Waals surface area contributed by atoms with Crippen LogP contribution in [-0.4, -0.2) is 28.5 Å². The fourth-order valence-corrected chi connectivity index (χ4v) is 7.16. The Morgan fingerprint density at radius 2 is 1.04 bits per heavy atom. The molecule has 4 aromatic carbocycles. The van der Waals surface area contributed by atoms with Crippen molar-refractivity contribution < 1.29 is 0 Å². The van der Waals surface area contributed by atoms with E-state index in [9.17, 15) is 0 Å². The number of nitrogens with one attached hydrogen (secondary N) is 2. The Morgan fingerprint density at radius 1 is 0.458 bits per heavy atom. The smallest absolute Gasteiger partial charge is 0.0968 e. The zero-order chi connectivity index (χ0) is 31.9. The highest BCUT2D eigenvalue weighted by Crippen LogP contribution is 2.35. The van der Waals surface area contributed by atoms with Gasteiger partial charge in [0.25, 0.3) is 0 Å². The molecule has 2 atom stereocenters. The zero-order valence-electron chi connectivity index (χ0n) is 26.2. The molecule has 4 nitrogen and oxygen atoms in total. The first-order chi connectivity index (χ1) is 23.8. The Labute approximate surface area is 279 Å². The van der Waals surface area contributed by atoms with E-state index >= 15 is 0 Å². The summed E-state index contributed by atoms with van der Waals surface area (Å²) in [5, 5.41) is 5.99. The van der Waals surface area contributed by atoms with Crippen LogP contribution in [0.5, 0.6) is 0 Å². The van der Waals surface area contributed by atoms with Gasteiger partial charge < -0.3 is 10.3 Å². The minimum atomic E-state index is -0.192. The molecule has 0 amide bonds. The highest BCUT2D eigenvalue weighted by molar-refractivity contribution is 6.32. The van der Waals surface area contributed by atoms with E-state index in [1.165, 1.54) is 5.57 Å². The van der Waals surface area contributed by atoms with Crippen LogP contribution in [-0.2, 0) is 0 Å². The van der Waals surface area contributed by atoms with Gasteiger partial charge in [-0.15, -0.1) is 0 Å². The minimum absolute atomic E-state index is 0.0578. The van der Waals surface area contributed by atoms with Gasteiger partial charge in [-0.1, -0.05) is 133 Å². The molecule has 1 aromatic heterocycles. The number of allylic oxidation sites excluding steroid dienone is 5. The van der Waals surface area contributed by atoms with Crippen molar-refractivity contribution in [3.63, 3.8) is 0 Å². The molecule has 5 aromatic rings. The first kappa shape index (κ1) is 28.0. The molecule has 5 heterocycles. The maximum absolute atomic E-state index is 5.43. The van der Waals surface area contributed by atoms with Crippen molar-refractivity contribution in [3.05, 3.63) is 214 Å². The molecule has 0 saturated heterocycles. The molecule has 2 N–H and O–H groups in total. The number of nitrogens with zero attached hydrogens (tertiary/aromatic N) is 2. The first-order valence-electron chi connectivity index (χ1n) is 16.4. The third-order valence-electron chi connectivity index (χ3n) is 9.33. The number of aromatic amines is 1. The fourth-order valence-electron chi connectivity index (χ4n) is 7.16. The second-order valence-corrected chi connectivity index (χ2v) is 12.3. The highest BCUT2D eigenvalue weighted by atomic mass is 15.0. The van der Waals surface area contributed by atoms with E-state index in [-0.39, 0.29) is 12.1 Å². The standard InChI is InChI=1S/C44H32N4/c1-5-13-29(14-6-1)41-33-21-23-35(45-33)42(30-15-7-2-8-16-30)37-25-27-39(47-37)44(32-19-11-4-12-20-32)40-28-26-38(48-40)43(31-17-9-3-10-18-31)36-24-22-34(41)46-36/h1-28,33,39,45-46H/b41-34-,42-35?,43-36-,44-40-. The number of H-pyrrole nitrogens is 1. The zero-order valence-corrected chi connectivity index (χ0v) is 26.2. The summed E-state index contributed by atoms with van der Waals surface area (Å²) in [5.74, 6) is 0. The lowest BCUT2D eigenvalue weighted by molar-refractivity contribution is 0.857. The summed E-state index contributed by atoms with van der Waals surface area (Å²) in [7, 11) is 0. The number of rotatable bonds is 4. The van der Waals surface area contributed by atoms with Gasteiger partial charge in [0, 0.05) is 38.7 Å². The normalized spacial score (nSPS) is 23.3. The molecule has 4 aliphatic rings. The maximum Gasteiger partial charge on any atom is 0.0968 e. The Hall–Kier alpha value is -6.26. The number of benzene rings is 4. The third-order valence-corrected chi connectivity index (χ3v) is 9.33. The third kappa shape index (κ3) is 4.95. The Bertz CT molecular complexity index is 2380. The monoisotopic (exact) mass is 616 g/mol. The van der Waals surface area contributed by atoms with Crippen LogP contribution in [0.25, 0.3) is 22.3 Å². The lowest BCUT2D eigenvalue weighted by atomic mass is 9.97. The van der Waals surface area contributed by atoms with Crippen molar-refractivity contribution in [1.82, 2.24) is 10.3 Å². The second-order valence-electron chi connectivity index (χ2n) is 12.3. The molecule has 4 aliphatic heterocycles. The van der Waals surface area contributed by atoms with Gasteiger partial charge >= 0.3 is 0 Å². The van der Waals surface area contributed by atoms with E-state index in [4.69, 9.17) is 9.98 Å². The number of aromatic nitrogens is 1. The average Bonchev–Trinajstić information content (AvgIpc) is 3.98. The summed E-state index contributed by atoms with van der Waals surface area (Å²) in [6.45, 7) is 0. The Balaban J connectivity index is 1.37. The number of fused-ring (bicyclic) bond motifs is 6. The van der Waals surface area contributed by atoms with Crippen LogP contribution in [0.15, 0.2) is 191 Å². The van der Waals surface area contributed by atoms with Crippen LogP contribution in [0.3, 0.4) is 0 Å². The Kier molecular flexibility index (Phi) is 6.90. The minimum Gasteiger partial charge on any atom is -0.374 e. The molecule has 48 heavy (non-hydrogen) atoms. The van der Waals surface area contributed by atoms with Crippen molar-refractivity contribution in [2.45, 2.75) is 12.1 Å².